The molecule has 0 spiro atoms. The van der Waals surface area contributed by atoms with Crippen LogP contribution in [0.5, 0.6) is 5.75 Å². The first-order valence-corrected chi connectivity index (χ1v) is 8.78. The van der Waals surface area contributed by atoms with E-state index in [1.807, 2.05) is 36.1 Å². The van der Waals surface area contributed by atoms with Crippen LogP contribution in [0.1, 0.15) is 27.0 Å². The van der Waals surface area contributed by atoms with Crippen LogP contribution in [-0.4, -0.2) is 49.0 Å². The maximum Gasteiger partial charge on any atom is 0.254 e. The summed E-state index contributed by atoms with van der Waals surface area (Å²) in [5.74, 6) is 1.04. The van der Waals surface area contributed by atoms with Gasteiger partial charge in [-0.25, -0.2) is 0 Å². The predicted octanol–water partition coefficient (Wildman–Crippen LogP) is 3.27. The van der Waals surface area contributed by atoms with Crippen LogP contribution in [0.25, 0.3) is 0 Å². The molecule has 0 N–H and O–H groups in total. The summed E-state index contributed by atoms with van der Waals surface area (Å²) < 4.78 is 5.29. The Hall–Kier alpha value is -2.33. The standard InChI is InChI=1S/C21H26N2O2/c1-16-7-8-20(17(2)13-16)21(24)23-11-9-22(10-12-23)15-18-5-4-6-19(14-18)25-3/h4-8,13-14H,9-12,15H2,1-3H3. The Morgan fingerprint density at radius 1 is 1.04 bits per heavy atom. The average molecular weight is 338 g/mol. The molecule has 1 saturated heterocycles. The van der Waals surface area contributed by atoms with E-state index in [2.05, 4.69) is 30.0 Å². The van der Waals surface area contributed by atoms with E-state index in [1.165, 1.54) is 11.1 Å². The number of carbonyl (C=O) groups excluding carboxylic acids is 1. The van der Waals surface area contributed by atoms with Gasteiger partial charge in [0.25, 0.3) is 5.91 Å². The van der Waals surface area contributed by atoms with Crippen molar-refractivity contribution in [2.75, 3.05) is 33.3 Å². The first-order chi connectivity index (χ1) is 12.1. The van der Waals surface area contributed by atoms with Crippen LogP contribution >= 0.6 is 0 Å². The largest absolute Gasteiger partial charge is 0.497 e. The van der Waals surface area contributed by atoms with Crippen molar-refractivity contribution in [1.82, 2.24) is 9.80 Å². The number of ether oxygens (including phenoxy) is 1. The van der Waals surface area contributed by atoms with Crippen LogP contribution in [0.2, 0.25) is 0 Å². The van der Waals surface area contributed by atoms with Crippen molar-refractivity contribution in [3.8, 4) is 5.75 Å². The Morgan fingerprint density at radius 3 is 2.48 bits per heavy atom. The van der Waals surface area contributed by atoms with E-state index >= 15 is 0 Å². The number of piperazine rings is 1. The highest BCUT2D eigenvalue weighted by Gasteiger charge is 2.23. The second kappa shape index (κ2) is 7.70. The van der Waals surface area contributed by atoms with E-state index in [1.54, 1.807) is 7.11 Å². The normalized spacial score (nSPS) is 15.2. The maximum atomic E-state index is 12.8. The van der Waals surface area contributed by atoms with Crippen molar-refractivity contribution >= 4 is 5.91 Å². The third-order valence-electron chi connectivity index (χ3n) is 4.81. The van der Waals surface area contributed by atoms with Gasteiger partial charge in [-0.1, -0.05) is 29.8 Å². The zero-order valence-electron chi connectivity index (χ0n) is 15.3. The van der Waals surface area contributed by atoms with Crippen molar-refractivity contribution in [2.24, 2.45) is 0 Å². The fraction of sp³-hybridized carbons (Fsp3) is 0.381. The molecule has 25 heavy (non-hydrogen) atoms. The SMILES string of the molecule is COc1cccc(CN2CCN(C(=O)c3ccc(C)cc3C)CC2)c1. The molecular weight excluding hydrogens is 312 g/mol. The average Bonchev–Trinajstić information content (AvgIpc) is 2.62. The molecule has 4 heteroatoms. The van der Waals surface area contributed by atoms with Gasteiger partial charge >= 0.3 is 0 Å². The summed E-state index contributed by atoms with van der Waals surface area (Å²) in [7, 11) is 1.69. The van der Waals surface area contributed by atoms with Crippen LogP contribution in [0.15, 0.2) is 42.5 Å². The summed E-state index contributed by atoms with van der Waals surface area (Å²) in [6.45, 7) is 8.30. The molecule has 1 aliphatic heterocycles. The minimum absolute atomic E-state index is 0.151. The zero-order valence-corrected chi connectivity index (χ0v) is 15.3. The number of hydrogen-bond donors (Lipinski definition) is 0. The lowest BCUT2D eigenvalue weighted by molar-refractivity contribution is 0.0627. The van der Waals surface area contributed by atoms with Gasteiger partial charge in [0, 0.05) is 38.3 Å². The third kappa shape index (κ3) is 4.20. The minimum Gasteiger partial charge on any atom is -0.497 e. The summed E-state index contributed by atoms with van der Waals surface area (Å²) in [5, 5.41) is 0. The van der Waals surface area contributed by atoms with Crippen molar-refractivity contribution in [3.63, 3.8) is 0 Å². The Kier molecular flexibility index (Phi) is 5.39. The highest BCUT2D eigenvalue weighted by atomic mass is 16.5. The van der Waals surface area contributed by atoms with Crippen LogP contribution in [0.3, 0.4) is 0 Å². The first-order valence-electron chi connectivity index (χ1n) is 8.78. The molecule has 2 aromatic rings. The molecule has 0 saturated carbocycles. The van der Waals surface area contributed by atoms with Gasteiger partial charge in [0.05, 0.1) is 7.11 Å². The molecule has 4 nitrogen and oxygen atoms in total. The van der Waals surface area contributed by atoms with E-state index in [9.17, 15) is 4.79 Å². The molecule has 0 aromatic heterocycles. The van der Waals surface area contributed by atoms with Gasteiger partial charge in [-0.15, -0.1) is 0 Å². The Bertz CT molecular complexity index is 749. The molecule has 0 atom stereocenters. The Labute approximate surface area is 150 Å². The van der Waals surface area contributed by atoms with Crippen molar-refractivity contribution < 1.29 is 9.53 Å². The number of aryl methyl sites for hydroxylation is 2. The van der Waals surface area contributed by atoms with Gasteiger partial charge in [0.2, 0.25) is 0 Å². The molecule has 1 aliphatic rings. The van der Waals surface area contributed by atoms with Gasteiger partial charge in [-0.3, -0.25) is 9.69 Å². The molecule has 3 rings (SSSR count). The summed E-state index contributed by atoms with van der Waals surface area (Å²) in [4.78, 5) is 17.1. The van der Waals surface area contributed by atoms with Crippen molar-refractivity contribution in [1.29, 1.82) is 0 Å². The van der Waals surface area contributed by atoms with Gasteiger partial charge < -0.3 is 9.64 Å². The summed E-state index contributed by atoms with van der Waals surface area (Å²) in [5.41, 5.74) is 4.32. The van der Waals surface area contributed by atoms with E-state index in [4.69, 9.17) is 4.74 Å². The quantitative estimate of drug-likeness (QED) is 0.858. The number of rotatable bonds is 4. The Morgan fingerprint density at radius 2 is 1.80 bits per heavy atom. The molecule has 1 amide bonds. The zero-order chi connectivity index (χ0) is 17.8. The summed E-state index contributed by atoms with van der Waals surface area (Å²) in [6.07, 6.45) is 0. The highest BCUT2D eigenvalue weighted by Crippen LogP contribution is 2.17. The van der Waals surface area contributed by atoms with E-state index in [0.717, 1.165) is 49.6 Å². The topological polar surface area (TPSA) is 32.8 Å². The molecule has 1 fully saturated rings. The molecule has 132 valence electrons. The van der Waals surface area contributed by atoms with E-state index < -0.39 is 0 Å². The lowest BCUT2D eigenvalue weighted by Gasteiger charge is -2.35. The molecule has 0 unspecified atom stereocenters. The lowest BCUT2D eigenvalue weighted by Crippen LogP contribution is -2.48. The van der Waals surface area contributed by atoms with Crippen LogP contribution in [-0.2, 0) is 6.54 Å². The van der Waals surface area contributed by atoms with Crippen LogP contribution in [0.4, 0.5) is 0 Å². The fourth-order valence-corrected chi connectivity index (χ4v) is 3.36. The summed E-state index contributed by atoms with van der Waals surface area (Å²) >= 11 is 0. The van der Waals surface area contributed by atoms with E-state index in [0.29, 0.717) is 0 Å². The predicted molar refractivity (Wildman–Crippen MR) is 100 cm³/mol. The first kappa shape index (κ1) is 17.5. The summed E-state index contributed by atoms with van der Waals surface area (Å²) in [6, 6.07) is 14.2. The maximum absolute atomic E-state index is 12.8. The Balaban J connectivity index is 1.58. The molecule has 1 heterocycles. The van der Waals surface area contributed by atoms with Gasteiger partial charge in [0.1, 0.15) is 5.75 Å². The monoisotopic (exact) mass is 338 g/mol. The number of nitrogens with zero attached hydrogens (tertiary/aromatic N) is 2. The molecule has 0 aliphatic carbocycles. The van der Waals surface area contributed by atoms with Crippen molar-refractivity contribution in [3.05, 3.63) is 64.7 Å². The molecule has 0 radical (unpaired) electrons. The van der Waals surface area contributed by atoms with Gasteiger partial charge in [-0.05, 0) is 43.2 Å². The number of hydrogen-bond acceptors (Lipinski definition) is 3. The number of amides is 1. The van der Waals surface area contributed by atoms with Crippen molar-refractivity contribution in [2.45, 2.75) is 20.4 Å². The minimum atomic E-state index is 0.151. The van der Waals surface area contributed by atoms with Gasteiger partial charge in [-0.2, -0.15) is 0 Å². The number of methoxy groups -OCH3 is 1. The van der Waals surface area contributed by atoms with E-state index in [-0.39, 0.29) is 5.91 Å². The van der Waals surface area contributed by atoms with Crippen LogP contribution < -0.4 is 4.74 Å². The molecule has 2 aromatic carbocycles. The number of carbonyl (C=O) groups is 1. The van der Waals surface area contributed by atoms with Gasteiger partial charge in [0.15, 0.2) is 0 Å². The molecule has 0 bridgehead atoms. The lowest BCUT2D eigenvalue weighted by atomic mass is 10.0. The molecular formula is C21H26N2O2. The highest BCUT2D eigenvalue weighted by molar-refractivity contribution is 5.95. The second-order valence-electron chi connectivity index (χ2n) is 6.74. The fourth-order valence-electron chi connectivity index (χ4n) is 3.36. The smallest absolute Gasteiger partial charge is 0.254 e. The van der Waals surface area contributed by atoms with Crippen LogP contribution in [0, 0.1) is 13.8 Å². The second-order valence-corrected chi connectivity index (χ2v) is 6.74. The number of benzene rings is 2. The third-order valence-corrected chi connectivity index (χ3v) is 4.81.